The van der Waals surface area contributed by atoms with Gasteiger partial charge in [-0.3, -0.25) is 4.79 Å². The average Bonchev–Trinajstić information content (AvgIpc) is 2.91. The van der Waals surface area contributed by atoms with E-state index in [4.69, 9.17) is 26.2 Å². The van der Waals surface area contributed by atoms with Crippen molar-refractivity contribution in [1.29, 1.82) is 0 Å². The smallest absolute Gasteiger partial charge is 0.307 e. The van der Waals surface area contributed by atoms with Crippen LogP contribution in [-0.2, 0) is 4.79 Å². The fourth-order valence-electron chi connectivity index (χ4n) is 2.39. The van der Waals surface area contributed by atoms with Crippen LogP contribution in [0.1, 0.15) is 18.0 Å². The molecular weight excluding hydrogens is 286 g/mol. The SMILES string of the molecule is COc1cc(C2CC(C(=O)O)CN2)c(O)c(Cl)c1OC. The minimum atomic E-state index is -0.855. The van der Waals surface area contributed by atoms with Gasteiger partial charge in [0.1, 0.15) is 10.8 Å². The van der Waals surface area contributed by atoms with E-state index in [1.54, 1.807) is 6.07 Å². The number of aromatic hydroxyl groups is 1. The highest BCUT2D eigenvalue weighted by Crippen LogP contribution is 2.46. The zero-order valence-electron chi connectivity index (χ0n) is 11.1. The maximum absolute atomic E-state index is 11.0. The van der Waals surface area contributed by atoms with Gasteiger partial charge in [0.2, 0.25) is 0 Å². The van der Waals surface area contributed by atoms with E-state index >= 15 is 0 Å². The zero-order chi connectivity index (χ0) is 14.9. The molecule has 6 nitrogen and oxygen atoms in total. The first-order chi connectivity index (χ1) is 9.49. The lowest BCUT2D eigenvalue weighted by Crippen LogP contribution is -2.17. The monoisotopic (exact) mass is 301 g/mol. The Balaban J connectivity index is 2.38. The van der Waals surface area contributed by atoms with Crippen molar-refractivity contribution in [3.05, 3.63) is 16.7 Å². The number of phenolic OH excluding ortho intramolecular Hbond substituents is 1. The number of benzene rings is 1. The van der Waals surface area contributed by atoms with E-state index in [9.17, 15) is 9.90 Å². The van der Waals surface area contributed by atoms with Crippen molar-refractivity contribution in [3.63, 3.8) is 0 Å². The molecule has 2 rings (SSSR count). The van der Waals surface area contributed by atoms with Gasteiger partial charge in [0, 0.05) is 18.2 Å². The summed E-state index contributed by atoms with van der Waals surface area (Å²) in [5, 5.41) is 22.3. The summed E-state index contributed by atoms with van der Waals surface area (Å²) in [5.74, 6) is -0.806. The van der Waals surface area contributed by atoms with Gasteiger partial charge in [-0.2, -0.15) is 0 Å². The van der Waals surface area contributed by atoms with Crippen molar-refractivity contribution >= 4 is 17.6 Å². The molecule has 20 heavy (non-hydrogen) atoms. The third-order valence-corrected chi connectivity index (χ3v) is 3.82. The second-order valence-electron chi connectivity index (χ2n) is 4.60. The highest BCUT2D eigenvalue weighted by Gasteiger charge is 2.33. The molecule has 110 valence electrons. The molecule has 0 aromatic heterocycles. The highest BCUT2D eigenvalue weighted by molar-refractivity contribution is 6.33. The number of aliphatic carboxylic acids is 1. The Kier molecular flexibility index (Phi) is 4.25. The Hall–Kier alpha value is -1.66. The highest BCUT2D eigenvalue weighted by atomic mass is 35.5. The Bertz CT molecular complexity index is 534. The van der Waals surface area contributed by atoms with Crippen LogP contribution >= 0.6 is 11.6 Å². The molecule has 0 aliphatic carbocycles. The van der Waals surface area contributed by atoms with Gasteiger partial charge < -0.3 is 25.0 Å². The second-order valence-corrected chi connectivity index (χ2v) is 4.97. The number of halogens is 1. The molecule has 1 aromatic rings. The van der Waals surface area contributed by atoms with Crippen LogP contribution in [-0.4, -0.2) is 36.9 Å². The lowest BCUT2D eigenvalue weighted by atomic mass is 9.99. The van der Waals surface area contributed by atoms with Gasteiger partial charge in [0.25, 0.3) is 0 Å². The summed E-state index contributed by atoms with van der Waals surface area (Å²) in [5.41, 5.74) is 0.511. The molecule has 1 fully saturated rings. The average molecular weight is 302 g/mol. The fourth-order valence-corrected chi connectivity index (χ4v) is 2.67. The van der Waals surface area contributed by atoms with Crippen molar-refractivity contribution in [2.45, 2.75) is 12.5 Å². The molecule has 0 spiro atoms. The molecule has 3 N–H and O–H groups in total. The standard InChI is InChI=1S/C13H16ClNO5/c1-19-9-4-7(11(16)10(14)12(9)20-2)8-3-6(5-15-8)13(17)18/h4,6,8,15-16H,3,5H2,1-2H3,(H,17,18). The zero-order valence-corrected chi connectivity index (χ0v) is 11.9. The molecule has 1 saturated heterocycles. The van der Waals surface area contributed by atoms with Gasteiger partial charge in [0.05, 0.1) is 20.1 Å². The molecule has 2 unspecified atom stereocenters. The Labute approximate surface area is 121 Å². The number of phenols is 1. The number of rotatable bonds is 4. The number of ether oxygens (including phenoxy) is 2. The topological polar surface area (TPSA) is 88.0 Å². The number of hydrogen-bond donors (Lipinski definition) is 3. The van der Waals surface area contributed by atoms with Crippen LogP contribution in [0, 0.1) is 5.92 Å². The van der Waals surface area contributed by atoms with Crippen molar-refractivity contribution < 1.29 is 24.5 Å². The number of hydrogen-bond acceptors (Lipinski definition) is 5. The fraction of sp³-hybridized carbons (Fsp3) is 0.462. The van der Waals surface area contributed by atoms with E-state index in [1.807, 2.05) is 0 Å². The van der Waals surface area contributed by atoms with Crippen molar-refractivity contribution in [1.82, 2.24) is 5.32 Å². The van der Waals surface area contributed by atoms with Gasteiger partial charge in [-0.15, -0.1) is 0 Å². The first-order valence-electron chi connectivity index (χ1n) is 6.09. The van der Waals surface area contributed by atoms with E-state index in [0.29, 0.717) is 24.3 Å². The number of carboxylic acid groups (broad SMARTS) is 1. The molecule has 0 saturated carbocycles. The second kappa shape index (κ2) is 5.76. The molecule has 1 aliphatic rings. The van der Waals surface area contributed by atoms with E-state index in [0.717, 1.165) is 0 Å². The van der Waals surface area contributed by atoms with E-state index in [1.165, 1.54) is 14.2 Å². The lowest BCUT2D eigenvalue weighted by molar-refractivity contribution is -0.141. The largest absolute Gasteiger partial charge is 0.506 e. The van der Waals surface area contributed by atoms with Crippen LogP contribution in [0.15, 0.2) is 6.07 Å². The third kappa shape index (κ3) is 2.48. The van der Waals surface area contributed by atoms with Crippen molar-refractivity contribution in [2.75, 3.05) is 20.8 Å². The van der Waals surface area contributed by atoms with Crippen molar-refractivity contribution in [3.8, 4) is 17.2 Å². The summed E-state index contributed by atoms with van der Waals surface area (Å²) in [6, 6.07) is 1.33. The van der Waals surface area contributed by atoms with Crippen LogP contribution in [0.4, 0.5) is 0 Å². The Morgan fingerprint density at radius 1 is 1.45 bits per heavy atom. The van der Waals surface area contributed by atoms with Gasteiger partial charge in [-0.05, 0) is 12.5 Å². The van der Waals surface area contributed by atoms with Crippen molar-refractivity contribution in [2.24, 2.45) is 5.92 Å². The number of methoxy groups -OCH3 is 2. The Morgan fingerprint density at radius 2 is 2.15 bits per heavy atom. The molecule has 1 aromatic carbocycles. The minimum absolute atomic E-state index is 0.0578. The van der Waals surface area contributed by atoms with Gasteiger partial charge >= 0.3 is 5.97 Å². The molecule has 2 atom stereocenters. The lowest BCUT2D eigenvalue weighted by Gasteiger charge is -2.18. The first-order valence-corrected chi connectivity index (χ1v) is 6.46. The maximum Gasteiger partial charge on any atom is 0.307 e. The number of carboxylic acids is 1. The van der Waals surface area contributed by atoms with Crippen LogP contribution in [0.5, 0.6) is 17.2 Å². The van der Waals surface area contributed by atoms with Crippen LogP contribution in [0.2, 0.25) is 5.02 Å². The predicted octanol–water partition coefficient (Wildman–Crippen LogP) is 1.80. The van der Waals surface area contributed by atoms with Crippen LogP contribution < -0.4 is 14.8 Å². The Morgan fingerprint density at radius 3 is 2.65 bits per heavy atom. The third-order valence-electron chi connectivity index (χ3n) is 3.47. The summed E-state index contributed by atoms with van der Waals surface area (Å²) in [7, 11) is 2.90. The summed E-state index contributed by atoms with van der Waals surface area (Å²) >= 11 is 6.06. The molecule has 0 radical (unpaired) electrons. The summed E-state index contributed by atoms with van der Waals surface area (Å²) in [6.07, 6.45) is 0.384. The van der Waals surface area contributed by atoms with Gasteiger partial charge in [-0.1, -0.05) is 11.6 Å². The molecule has 0 bridgehead atoms. The van der Waals surface area contributed by atoms with Gasteiger partial charge in [0.15, 0.2) is 11.5 Å². The molecule has 1 heterocycles. The molecule has 0 amide bonds. The predicted molar refractivity (Wildman–Crippen MR) is 72.7 cm³/mol. The normalized spacial score (nSPS) is 21.8. The van der Waals surface area contributed by atoms with Gasteiger partial charge in [-0.25, -0.2) is 0 Å². The first kappa shape index (κ1) is 14.7. The van der Waals surface area contributed by atoms with Crippen LogP contribution in [0.3, 0.4) is 0 Å². The minimum Gasteiger partial charge on any atom is -0.506 e. The molecular formula is C13H16ClNO5. The van der Waals surface area contributed by atoms with Crippen LogP contribution in [0.25, 0.3) is 0 Å². The molecule has 7 heteroatoms. The summed E-state index contributed by atoms with van der Waals surface area (Å²) < 4.78 is 10.3. The summed E-state index contributed by atoms with van der Waals surface area (Å²) in [4.78, 5) is 11.0. The number of carbonyl (C=O) groups is 1. The van der Waals surface area contributed by atoms with E-state index in [2.05, 4.69) is 5.32 Å². The maximum atomic E-state index is 11.0. The molecule has 1 aliphatic heterocycles. The van der Waals surface area contributed by atoms with E-state index in [-0.39, 0.29) is 22.6 Å². The summed E-state index contributed by atoms with van der Waals surface area (Å²) in [6.45, 7) is 0.353. The quantitative estimate of drug-likeness (QED) is 0.786. The van der Waals surface area contributed by atoms with E-state index < -0.39 is 11.9 Å². The number of nitrogens with one attached hydrogen (secondary N) is 1.